The number of amides is 3. The van der Waals surface area contributed by atoms with Gasteiger partial charge in [-0.2, -0.15) is 0 Å². The molecule has 35 heavy (non-hydrogen) atoms. The zero-order valence-electron chi connectivity index (χ0n) is 19.8. The van der Waals surface area contributed by atoms with E-state index in [-0.39, 0.29) is 36.7 Å². The molecular weight excluding hydrogens is 464 g/mol. The minimum absolute atomic E-state index is 0.0120. The Hall–Kier alpha value is -2.75. The van der Waals surface area contributed by atoms with Crippen molar-refractivity contribution in [1.82, 2.24) is 15.5 Å². The minimum Gasteiger partial charge on any atom is -0.389 e. The van der Waals surface area contributed by atoms with Gasteiger partial charge >= 0.3 is 6.03 Å². The normalized spacial score (nSPS) is 24.9. The summed E-state index contributed by atoms with van der Waals surface area (Å²) in [5, 5.41) is 19.0. The van der Waals surface area contributed by atoms with Crippen LogP contribution in [0.15, 0.2) is 47.4 Å². The minimum atomic E-state index is -0.497. The number of nitrogens with one attached hydrogen (secondary N) is 3. The molecule has 8 nitrogen and oxygen atoms in total. The van der Waals surface area contributed by atoms with Crippen LogP contribution in [0, 0.1) is 0 Å². The van der Waals surface area contributed by atoms with E-state index in [4.69, 9.17) is 4.74 Å². The number of nitrogens with zero attached hydrogens (tertiary/aromatic N) is 1. The summed E-state index contributed by atoms with van der Waals surface area (Å²) in [5.74, 6) is -0.0652. The lowest BCUT2D eigenvalue weighted by Gasteiger charge is -2.40. The predicted octanol–water partition coefficient (Wildman–Crippen LogP) is 3.19. The number of aliphatic hydroxyl groups excluding tert-OH is 1. The van der Waals surface area contributed by atoms with Crippen LogP contribution in [0.2, 0.25) is 0 Å². The first-order valence-corrected chi connectivity index (χ1v) is 13.4. The number of thioether (sulfide) groups is 1. The molecular formula is C26H32N4O4S. The van der Waals surface area contributed by atoms with E-state index in [1.54, 1.807) is 11.8 Å². The molecule has 9 heteroatoms. The van der Waals surface area contributed by atoms with E-state index in [1.165, 1.54) is 10.5 Å². The first-order chi connectivity index (χ1) is 17.0. The van der Waals surface area contributed by atoms with Gasteiger partial charge in [-0.1, -0.05) is 24.3 Å². The quantitative estimate of drug-likeness (QED) is 0.458. The second-order valence-corrected chi connectivity index (χ2v) is 10.2. The maximum Gasteiger partial charge on any atom is 0.315 e. The SMILES string of the molecule is CSc1ccccc1[C@@H]1CCCN1C(=O)CNC(=O)NCc1ccc2c(c1)C1C[C@@H](N2)[C@H](O)CO1. The van der Waals surface area contributed by atoms with Gasteiger partial charge in [-0.05, 0) is 48.4 Å². The van der Waals surface area contributed by atoms with Crippen LogP contribution >= 0.6 is 11.8 Å². The number of fused-ring (bicyclic) bond motifs is 4. The zero-order valence-corrected chi connectivity index (χ0v) is 20.6. The summed E-state index contributed by atoms with van der Waals surface area (Å²) in [6.07, 6.45) is 4.13. The molecule has 4 atom stereocenters. The summed E-state index contributed by atoms with van der Waals surface area (Å²) in [5.41, 5.74) is 4.15. The molecule has 5 rings (SSSR count). The van der Waals surface area contributed by atoms with Crippen molar-refractivity contribution in [1.29, 1.82) is 0 Å². The molecule has 1 unspecified atom stereocenters. The molecule has 2 aromatic rings. The number of urea groups is 1. The highest BCUT2D eigenvalue weighted by Crippen LogP contribution is 2.39. The standard InChI is InChI=1S/C26H32N4O4S/c1-35-24-7-3-2-5-17(24)21-6-4-10-30(21)25(32)14-28-26(33)27-13-16-8-9-19-18(11-16)23-12-20(29-19)22(31)15-34-23/h2-3,5,7-9,11,20-23,29,31H,4,6,10,12-15H2,1H3,(H2,27,28,33)/t20-,21+,22-,23?/m1/s1. The number of likely N-dealkylation sites (tertiary alicyclic amines) is 1. The van der Waals surface area contributed by atoms with Crippen LogP contribution in [0.5, 0.6) is 0 Å². The summed E-state index contributed by atoms with van der Waals surface area (Å²) in [6, 6.07) is 13.9. The number of rotatable bonds is 6. The highest BCUT2D eigenvalue weighted by atomic mass is 32.2. The Morgan fingerprint density at radius 2 is 2.06 bits per heavy atom. The molecule has 2 fully saturated rings. The Morgan fingerprint density at radius 1 is 1.20 bits per heavy atom. The molecule has 2 saturated heterocycles. The lowest BCUT2D eigenvalue weighted by molar-refractivity contribution is -0.131. The Morgan fingerprint density at radius 3 is 2.91 bits per heavy atom. The highest BCUT2D eigenvalue weighted by molar-refractivity contribution is 7.98. The molecule has 2 bridgehead atoms. The van der Waals surface area contributed by atoms with Gasteiger partial charge in [0.25, 0.3) is 0 Å². The third-order valence-electron chi connectivity index (χ3n) is 7.13. The molecule has 0 saturated carbocycles. The van der Waals surface area contributed by atoms with Crippen molar-refractivity contribution in [3.63, 3.8) is 0 Å². The van der Waals surface area contributed by atoms with Crippen LogP contribution in [0.25, 0.3) is 0 Å². The third kappa shape index (κ3) is 5.12. The molecule has 2 aromatic carbocycles. The Balaban J connectivity index is 1.14. The number of benzene rings is 2. The van der Waals surface area contributed by atoms with Crippen molar-refractivity contribution in [2.24, 2.45) is 0 Å². The summed E-state index contributed by atoms with van der Waals surface area (Å²) >= 11 is 1.69. The molecule has 0 radical (unpaired) electrons. The first kappa shape index (κ1) is 24.0. The molecule has 0 aromatic heterocycles. The molecule has 3 aliphatic rings. The molecule has 3 aliphatic heterocycles. The van der Waals surface area contributed by atoms with Gasteiger partial charge in [-0.25, -0.2) is 4.79 Å². The summed E-state index contributed by atoms with van der Waals surface area (Å²) in [6.45, 7) is 1.35. The molecule has 4 N–H and O–H groups in total. The van der Waals surface area contributed by atoms with Crippen LogP contribution in [0.1, 0.15) is 48.1 Å². The Bertz CT molecular complexity index is 1100. The van der Waals surface area contributed by atoms with Crippen LogP contribution < -0.4 is 16.0 Å². The number of carbonyl (C=O) groups is 2. The Labute approximate surface area is 209 Å². The molecule has 3 amide bonds. The number of aliphatic hydroxyl groups is 1. The molecule has 3 heterocycles. The van der Waals surface area contributed by atoms with Crippen LogP contribution in [0.3, 0.4) is 0 Å². The molecule has 0 aliphatic carbocycles. The fraction of sp³-hybridized carbons (Fsp3) is 0.462. The lowest BCUT2D eigenvalue weighted by atomic mass is 9.89. The number of hydrogen-bond acceptors (Lipinski definition) is 6. The van der Waals surface area contributed by atoms with Crippen LogP contribution in [-0.2, 0) is 16.1 Å². The predicted molar refractivity (Wildman–Crippen MR) is 135 cm³/mol. The van der Waals surface area contributed by atoms with Crippen molar-refractivity contribution >= 4 is 29.4 Å². The van der Waals surface area contributed by atoms with E-state index >= 15 is 0 Å². The summed E-state index contributed by atoms with van der Waals surface area (Å²) in [4.78, 5) is 28.4. The van der Waals surface area contributed by atoms with Gasteiger partial charge in [0, 0.05) is 35.7 Å². The maximum absolute atomic E-state index is 12.9. The Kier molecular flexibility index (Phi) is 7.17. The molecule has 186 valence electrons. The van der Waals surface area contributed by atoms with Gasteiger partial charge < -0.3 is 30.7 Å². The van der Waals surface area contributed by atoms with Gasteiger partial charge in [0.1, 0.15) is 0 Å². The van der Waals surface area contributed by atoms with Crippen molar-refractivity contribution in [2.45, 2.75) is 55.0 Å². The average molecular weight is 497 g/mol. The maximum atomic E-state index is 12.9. The number of hydrogen-bond donors (Lipinski definition) is 4. The largest absolute Gasteiger partial charge is 0.389 e. The second kappa shape index (κ2) is 10.5. The van der Waals surface area contributed by atoms with E-state index in [1.807, 2.05) is 41.5 Å². The van der Waals surface area contributed by atoms with E-state index < -0.39 is 6.10 Å². The van der Waals surface area contributed by atoms with Crippen molar-refractivity contribution < 1.29 is 19.4 Å². The molecule has 0 spiro atoms. The van der Waals surface area contributed by atoms with Gasteiger partial charge in [0.2, 0.25) is 5.91 Å². The van der Waals surface area contributed by atoms with Crippen LogP contribution in [0.4, 0.5) is 10.5 Å². The summed E-state index contributed by atoms with van der Waals surface area (Å²) < 4.78 is 5.80. The van der Waals surface area contributed by atoms with E-state index in [0.29, 0.717) is 19.7 Å². The topological polar surface area (TPSA) is 103 Å². The number of carbonyl (C=O) groups excluding carboxylic acids is 2. The van der Waals surface area contributed by atoms with Gasteiger partial charge in [0.05, 0.1) is 37.4 Å². The fourth-order valence-corrected chi connectivity index (χ4v) is 5.97. The monoisotopic (exact) mass is 496 g/mol. The fourth-order valence-electron chi connectivity index (χ4n) is 5.31. The second-order valence-electron chi connectivity index (χ2n) is 9.32. The van der Waals surface area contributed by atoms with E-state index in [0.717, 1.165) is 36.1 Å². The highest BCUT2D eigenvalue weighted by Gasteiger charge is 2.36. The van der Waals surface area contributed by atoms with E-state index in [2.05, 4.69) is 28.1 Å². The lowest BCUT2D eigenvalue weighted by Crippen LogP contribution is -2.46. The van der Waals surface area contributed by atoms with Gasteiger partial charge in [0.15, 0.2) is 0 Å². The zero-order chi connectivity index (χ0) is 24.4. The smallest absolute Gasteiger partial charge is 0.315 e. The van der Waals surface area contributed by atoms with Crippen LogP contribution in [-0.4, -0.2) is 60.0 Å². The number of ether oxygens (including phenoxy) is 1. The van der Waals surface area contributed by atoms with Gasteiger partial charge in [-0.15, -0.1) is 11.8 Å². The first-order valence-electron chi connectivity index (χ1n) is 12.2. The number of anilines is 1. The van der Waals surface area contributed by atoms with Crippen molar-refractivity contribution in [2.75, 3.05) is 31.3 Å². The average Bonchev–Trinajstić information content (AvgIpc) is 3.38. The van der Waals surface area contributed by atoms with Crippen molar-refractivity contribution in [3.05, 3.63) is 59.2 Å². The van der Waals surface area contributed by atoms with Gasteiger partial charge in [-0.3, -0.25) is 4.79 Å². The van der Waals surface area contributed by atoms with E-state index in [9.17, 15) is 14.7 Å². The third-order valence-corrected chi connectivity index (χ3v) is 7.94. The van der Waals surface area contributed by atoms with Crippen molar-refractivity contribution in [3.8, 4) is 0 Å². The summed E-state index contributed by atoms with van der Waals surface area (Å²) in [7, 11) is 0.